The fourth-order valence-corrected chi connectivity index (χ4v) is 3.72. The summed E-state index contributed by atoms with van der Waals surface area (Å²) < 4.78 is 19.0. The molecule has 1 N–H and O–H groups in total. The van der Waals surface area contributed by atoms with Crippen LogP contribution in [0.25, 0.3) is 0 Å². The highest BCUT2D eigenvalue weighted by Gasteiger charge is 2.44. The molecule has 4 nitrogen and oxygen atoms in total. The molecule has 0 bridgehead atoms. The van der Waals surface area contributed by atoms with Crippen LogP contribution in [0.15, 0.2) is 29.3 Å². The minimum atomic E-state index is -0.154. The van der Waals surface area contributed by atoms with Crippen LogP contribution < -0.4 is 5.32 Å². The Morgan fingerprint density at radius 1 is 1.35 bits per heavy atom. The molecule has 3 rings (SSSR count). The number of nitrogens with one attached hydrogen (secondary N) is 1. The second kappa shape index (κ2) is 8.85. The van der Waals surface area contributed by atoms with E-state index in [4.69, 9.17) is 9.73 Å². The Hall–Kier alpha value is -1.62. The molecular weight excluding hydrogens is 329 g/mol. The van der Waals surface area contributed by atoms with Gasteiger partial charge >= 0.3 is 0 Å². The van der Waals surface area contributed by atoms with Crippen molar-refractivity contribution in [1.29, 1.82) is 0 Å². The topological polar surface area (TPSA) is 36.9 Å². The van der Waals surface area contributed by atoms with Gasteiger partial charge in [-0.05, 0) is 62.6 Å². The number of halogens is 1. The highest BCUT2D eigenvalue weighted by atomic mass is 19.1. The van der Waals surface area contributed by atoms with Crippen LogP contribution in [-0.4, -0.2) is 50.8 Å². The summed E-state index contributed by atoms with van der Waals surface area (Å²) >= 11 is 0. The molecule has 5 heteroatoms. The van der Waals surface area contributed by atoms with E-state index >= 15 is 0 Å². The van der Waals surface area contributed by atoms with Crippen molar-refractivity contribution >= 4 is 5.96 Å². The second-order valence-electron chi connectivity index (χ2n) is 7.73. The molecule has 0 unspecified atom stereocenters. The van der Waals surface area contributed by atoms with Crippen LogP contribution in [0, 0.1) is 11.7 Å². The fraction of sp³-hybridized carbons (Fsp3) is 0.667. The quantitative estimate of drug-likeness (QED) is 0.596. The Balaban J connectivity index is 1.59. The van der Waals surface area contributed by atoms with Gasteiger partial charge in [-0.3, -0.25) is 4.99 Å². The van der Waals surface area contributed by atoms with Gasteiger partial charge in [-0.2, -0.15) is 0 Å². The molecule has 1 aromatic rings. The van der Waals surface area contributed by atoms with Crippen LogP contribution in [0.4, 0.5) is 4.39 Å². The van der Waals surface area contributed by atoms with Gasteiger partial charge in [-0.25, -0.2) is 4.39 Å². The third kappa shape index (κ3) is 4.97. The maximum absolute atomic E-state index is 13.6. The van der Waals surface area contributed by atoms with Gasteiger partial charge in [0.2, 0.25) is 0 Å². The fourth-order valence-electron chi connectivity index (χ4n) is 3.72. The summed E-state index contributed by atoms with van der Waals surface area (Å²) in [6.45, 7) is 6.48. The largest absolute Gasteiger partial charge is 0.381 e. The summed E-state index contributed by atoms with van der Waals surface area (Å²) in [7, 11) is 2.11. The summed E-state index contributed by atoms with van der Waals surface area (Å²) in [5.41, 5.74) is 1.12. The molecule has 0 amide bonds. The maximum Gasteiger partial charge on any atom is 0.193 e. The van der Waals surface area contributed by atoms with Crippen molar-refractivity contribution in [2.45, 2.75) is 44.4 Å². The molecule has 1 aromatic carbocycles. The summed E-state index contributed by atoms with van der Waals surface area (Å²) in [5.74, 6) is 1.57. The van der Waals surface area contributed by atoms with Gasteiger partial charge < -0.3 is 15.0 Å². The Kier molecular flexibility index (Phi) is 6.52. The van der Waals surface area contributed by atoms with Crippen molar-refractivity contribution in [3.05, 3.63) is 35.6 Å². The number of ether oxygens (including phenoxy) is 1. The molecule has 0 atom stereocenters. The molecule has 1 aliphatic carbocycles. The van der Waals surface area contributed by atoms with E-state index in [1.165, 1.54) is 25.3 Å². The first kappa shape index (κ1) is 19.2. The van der Waals surface area contributed by atoms with Crippen molar-refractivity contribution in [3.8, 4) is 0 Å². The van der Waals surface area contributed by atoms with Gasteiger partial charge in [0.15, 0.2) is 5.96 Å². The molecule has 1 saturated heterocycles. The average Bonchev–Trinajstić information content (AvgIpc) is 3.45. The lowest BCUT2D eigenvalue weighted by Crippen LogP contribution is -2.40. The predicted molar refractivity (Wildman–Crippen MR) is 104 cm³/mol. The molecule has 144 valence electrons. The van der Waals surface area contributed by atoms with Crippen LogP contribution in [0.5, 0.6) is 0 Å². The molecule has 2 aliphatic rings. The Bertz CT molecular complexity index is 609. The highest BCUT2D eigenvalue weighted by Crippen LogP contribution is 2.48. The third-order valence-corrected chi connectivity index (χ3v) is 5.73. The van der Waals surface area contributed by atoms with Gasteiger partial charge in [0.25, 0.3) is 0 Å². The number of aliphatic imine (C=N–C) groups is 1. The molecule has 1 heterocycles. The zero-order valence-corrected chi connectivity index (χ0v) is 16.1. The van der Waals surface area contributed by atoms with E-state index in [0.29, 0.717) is 0 Å². The molecular formula is C21H32FN3O. The Morgan fingerprint density at radius 3 is 2.77 bits per heavy atom. The second-order valence-corrected chi connectivity index (χ2v) is 7.73. The number of rotatable bonds is 7. The molecule has 0 spiro atoms. The van der Waals surface area contributed by atoms with Gasteiger partial charge in [0, 0.05) is 38.8 Å². The predicted octanol–water partition coefficient (Wildman–Crippen LogP) is 3.57. The number of benzene rings is 1. The highest BCUT2D eigenvalue weighted by molar-refractivity contribution is 5.79. The summed E-state index contributed by atoms with van der Waals surface area (Å²) in [5, 5.41) is 3.41. The standard InChI is InChI=1S/C21H32FN3O/c1-3-23-20(25(2)12-7-17-8-13-26-14-9-17)24-16-21(10-11-21)18-5-4-6-19(22)15-18/h4-6,15,17H,3,7-14,16H2,1-2H3,(H,23,24). The van der Waals surface area contributed by atoms with Crippen molar-refractivity contribution in [1.82, 2.24) is 10.2 Å². The number of nitrogens with zero attached hydrogens (tertiary/aromatic N) is 2. The Morgan fingerprint density at radius 2 is 2.12 bits per heavy atom. The number of hydrogen-bond acceptors (Lipinski definition) is 2. The number of guanidine groups is 1. The van der Waals surface area contributed by atoms with Crippen molar-refractivity contribution in [2.75, 3.05) is 39.9 Å². The lowest BCUT2D eigenvalue weighted by Gasteiger charge is -2.27. The zero-order chi connectivity index (χ0) is 18.4. The number of hydrogen-bond donors (Lipinski definition) is 1. The van der Waals surface area contributed by atoms with Crippen molar-refractivity contribution in [2.24, 2.45) is 10.9 Å². The molecule has 0 radical (unpaired) electrons. The van der Waals surface area contributed by atoms with E-state index in [9.17, 15) is 4.39 Å². The van der Waals surface area contributed by atoms with Gasteiger partial charge in [-0.1, -0.05) is 12.1 Å². The molecule has 26 heavy (non-hydrogen) atoms. The lowest BCUT2D eigenvalue weighted by molar-refractivity contribution is 0.0625. The molecule has 0 aromatic heterocycles. The van der Waals surface area contributed by atoms with E-state index in [1.54, 1.807) is 12.1 Å². The van der Waals surface area contributed by atoms with Gasteiger partial charge in [0.1, 0.15) is 5.82 Å². The van der Waals surface area contributed by atoms with E-state index in [1.807, 2.05) is 6.07 Å². The monoisotopic (exact) mass is 361 g/mol. The summed E-state index contributed by atoms with van der Waals surface area (Å²) in [4.78, 5) is 7.14. The van der Waals surface area contributed by atoms with Gasteiger partial charge in [0.05, 0.1) is 6.54 Å². The normalized spacial score (nSPS) is 20.0. The van der Waals surface area contributed by atoms with E-state index in [0.717, 1.165) is 63.1 Å². The first-order chi connectivity index (χ1) is 12.6. The minimum Gasteiger partial charge on any atom is -0.381 e. The SMILES string of the molecule is CCNC(=NCC1(c2cccc(F)c2)CC1)N(C)CCC1CCOCC1. The van der Waals surface area contributed by atoms with E-state index in [2.05, 4.69) is 24.2 Å². The summed E-state index contributed by atoms with van der Waals surface area (Å²) in [6.07, 6.45) is 5.70. The van der Waals surface area contributed by atoms with Gasteiger partial charge in [-0.15, -0.1) is 0 Å². The Labute approximate surface area is 156 Å². The molecule has 1 saturated carbocycles. The summed E-state index contributed by atoms with van der Waals surface area (Å²) in [6, 6.07) is 7.02. The molecule has 2 fully saturated rings. The minimum absolute atomic E-state index is 0.0321. The van der Waals surface area contributed by atoms with Crippen LogP contribution >= 0.6 is 0 Å². The average molecular weight is 362 g/mol. The lowest BCUT2D eigenvalue weighted by atomic mass is 9.96. The van der Waals surface area contributed by atoms with E-state index in [-0.39, 0.29) is 11.2 Å². The molecule has 1 aliphatic heterocycles. The zero-order valence-electron chi connectivity index (χ0n) is 16.1. The van der Waals surface area contributed by atoms with Crippen LogP contribution in [0.2, 0.25) is 0 Å². The van der Waals surface area contributed by atoms with Crippen molar-refractivity contribution in [3.63, 3.8) is 0 Å². The van der Waals surface area contributed by atoms with E-state index < -0.39 is 0 Å². The third-order valence-electron chi connectivity index (χ3n) is 5.73. The first-order valence-electron chi connectivity index (χ1n) is 9.96. The smallest absolute Gasteiger partial charge is 0.193 e. The van der Waals surface area contributed by atoms with Crippen LogP contribution in [0.3, 0.4) is 0 Å². The van der Waals surface area contributed by atoms with Crippen LogP contribution in [0.1, 0.15) is 44.6 Å². The van der Waals surface area contributed by atoms with Crippen LogP contribution in [-0.2, 0) is 10.2 Å². The van der Waals surface area contributed by atoms with Crippen molar-refractivity contribution < 1.29 is 9.13 Å². The first-order valence-corrected chi connectivity index (χ1v) is 9.96. The maximum atomic E-state index is 13.6.